The van der Waals surface area contributed by atoms with E-state index in [9.17, 15) is 4.79 Å². The van der Waals surface area contributed by atoms with E-state index >= 15 is 0 Å². The van der Waals surface area contributed by atoms with Crippen LogP contribution >= 0.6 is 0 Å². The Morgan fingerprint density at radius 2 is 2.32 bits per heavy atom. The molecule has 0 saturated heterocycles. The zero-order chi connectivity index (χ0) is 13.5. The molecule has 2 heterocycles. The molecule has 3 N–H and O–H groups in total. The summed E-state index contributed by atoms with van der Waals surface area (Å²) in [4.78, 5) is 11.5. The van der Waals surface area contributed by atoms with Gasteiger partial charge in [-0.2, -0.15) is 0 Å². The van der Waals surface area contributed by atoms with Gasteiger partial charge in [-0.3, -0.25) is 4.79 Å². The third-order valence-corrected chi connectivity index (χ3v) is 2.89. The molecule has 19 heavy (non-hydrogen) atoms. The fourth-order valence-electron chi connectivity index (χ4n) is 1.83. The maximum absolute atomic E-state index is 11.5. The van der Waals surface area contributed by atoms with Gasteiger partial charge in [-0.15, -0.1) is 10.2 Å². The summed E-state index contributed by atoms with van der Waals surface area (Å²) in [6, 6.07) is 3.45. The predicted octanol–water partition coefficient (Wildman–Crippen LogP) is 0.558. The van der Waals surface area contributed by atoms with Crippen molar-refractivity contribution in [1.29, 1.82) is 0 Å². The maximum Gasteiger partial charge on any atom is 0.271 e. The van der Waals surface area contributed by atoms with Gasteiger partial charge in [-0.25, -0.2) is 0 Å². The van der Waals surface area contributed by atoms with Gasteiger partial charge in [0.25, 0.3) is 5.91 Å². The van der Waals surface area contributed by atoms with Gasteiger partial charge in [-0.05, 0) is 32.0 Å². The van der Waals surface area contributed by atoms with Crippen molar-refractivity contribution in [3.8, 4) is 0 Å². The normalized spacial score (nSPS) is 14.7. The molecule has 0 aliphatic carbocycles. The van der Waals surface area contributed by atoms with Crippen LogP contribution in [0, 0.1) is 0 Å². The Balaban J connectivity index is 1.88. The summed E-state index contributed by atoms with van der Waals surface area (Å²) in [5.74, 6) is 0.495. The molecule has 102 valence electrons. The maximum atomic E-state index is 11.5. The summed E-state index contributed by atoms with van der Waals surface area (Å²) >= 11 is 0. The first kappa shape index (κ1) is 13.5. The molecule has 1 aliphatic rings. The van der Waals surface area contributed by atoms with Crippen molar-refractivity contribution in [2.75, 3.05) is 31.5 Å². The van der Waals surface area contributed by atoms with E-state index in [-0.39, 0.29) is 5.91 Å². The minimum Gasteiger partial charge on any atom is -0.365 e. The average molecular weight is 261 g/mol. The van der Waals surface area contributed by atoms with Crippen molar-refractivity contribution in [2.45, 2.75) is 13.3 Å². The lowest BCUT2D eigenvalue weighted by Crippen LogP contribution is -2.24. The van der Waals surface area contributed by atoms with Gasteiger partial charge in [0.2, 0.25) is 0 Å². The molecule has 0 radical (unpaired) electrons. The van der Waals surface area contributed by atoms with E-state index in [1.807, 2.05) is 6.92 Å². The van der Waals surface area contributed by atoms with Crippen LogP contribution in [0.15, 0.2) is 23.8 Å². The molecular weight excluding hydrogens is 242 g/mol. The number of amides is 1. The number of carbonyl (C=O) groups excluding carboxylic acids is 1. The summed E-state index contributed by atoms with van der Waals surface area (Å²) < 4.78 is 0. The van der Waals surface area contributed by atoms with Gasteiger partial charge >= 0.3 is 0 Å². The molecule has 0 aromatic carbocycles. The van der Waals surface area contributed by atoms with Crippen LogP contribution in [0.25, 0.3) is 0 Å². The smallest absolute Gasteiger partial charge is 0.271 e. The first-order chi connectivity index (χ1) is 9.29. The van der Waals surface area contributed by atoms with Crippen LogP contribution in [0.3, 0.4) is 0 Å². The molecule has 1 aromatic heterocycles. The van der Waals surface area contributed by atoms with E-state index in [4.69, 9.17) is 0 Å². The summed E-state index contributed by atoms with van der Waals surface area (Å²) in [6.45, 7) is 5.18. The van der Waals surface area contributed by atoms with Crippen LogP contribution in [-0.2, 0) is 0 Å². The van der Waals surface area contributed by atoms with Gasteiger partial charge in [0.15, 0.2) is 5.69 Å². The highest BCUT2D eigenvalue weighted by atomic mass is 16.1. The van der Waals surface area contributed by atoms with Gasteiger partial charge < -0.3 is 16.0 Å². The van der Waals surface area contributed by atoms with Crippen molar-refractivity contribution < 1.29 is 4.79 Å². The molecule has 1 amide bonds. The first-order valence-corrected chi connectivity index (χ1v) is 6.54. The van der Waals surface area contributed by atoms with Gasteiger partial charge in [0.1, 0.15) is 5.82 Å². The van der Waals surface area contributed by atoms with Crippen LogP contribution in [0.4, 0.5) is 5.82 Å². The lowest BCUT2D eigenvalue weighted by molar-refractivity contribution is 0.0950. The van der Waals surface area contributed by atoms with E-state index in [2.05, 4.69) is 32.2 Å². The quantitative estimate of drug-likeness (QED) is 0.675. The van der Waals surface area contributed by atoms with E-state index in [0.29, 0.717) is 18.1 Å². The summed E-state index contributed by atoms with van der Waals surface area (Å²) in [5.41, 5.74) is 1.71. The van der Waals surface area contributed by atoms with Crippen LogP contribution in [-0.4, -0.2) is 42.3 Å². The van der Waals surface area contributed by atoms with Crippen molar-refractivity contribution in [2.24, 2.45) is 0 Å². The lowest BCUT2D eigenvalue weighted by atomic mass is 10.1. The number of hydrogen-bond donors (Lipinski definition) is 3. The van der Waals surface area contributed by atoms with Crippen molar-refractivity contribution >= 4 is 11.7 Å². The molecule has 0 unspecified atom stereocenters. The third-order valence-electron chi connectivity index (χ3n) is 2.89. The Morgan fingerprint density at radius 3 is 2.95 bits per heavy atom. The van der Waals surface area contributed by atoms with Crippen LogP contribution in [0.5, 0.6) is 0 Å². The number of nitrogens with zero attached hydrogens (tertiary/aromatic N) is 2. The van der Waals surface area contributed by atoms with Crippen LogP contribution < -0.4 is 16.0 Å². The molecule has 1 aromatic rings. The zero-order valence-electron chi connectivity index (χ0n) is 11.1. The largest absolute Gasteiger partial charge is 0.365 e. The molecule has 0 spiro atoms. The number of carbonyl (C=O) groups is 1. The summed E-state index contributed by atoms with van der Waals surface area (Å²) in [6.07, 6.45) is 3.24. The van der Waals surface area contributed by atoms with Crippen LogP contribution in [0.2, 0.25) is 0 Å². The number of aromatic nitrogens is 2. The lowest BCUT2D eigenvalue weighted by Gasteiger charge is -2.14. The Bertz CT molecular complexity index is 455. The van der Waals surface area contributed by atoms with Crippen molar-refractivity contribution in [3.63, 3.8) is 0 Å². The molecular formula is C13H19N5O. The SMILES string of the molecule is CCNC(=O)c1ccc(NCC2=CCNCC2)nn1. The second-order valence-corrected chi connectivity index (χ2v) is 4.33. The molecule has 0 bridgehead atoms. The molecule has 2 rings (SSSR count). The highest BCUT2D eigenvalue weighted by Crippen LogP contribution is 2.07. The minimum absolute atomic E-state index is 0.192. The fourth-order valence-corrected chi connectivity index (χ4v) is 1.83. The highest BCUT2D eigenvalue weighted by molar-refractivity contribution is 5.92. The van der Waals surface area contributed by atoms with Crippen molar-refractivity contribution in [3.05, 3.63) is 29.5 Å². The predicted molar refractivity (Wildman–Crippen MR) is 74.1 cm³/mol. The fraction of sp³-hybridized carbons (Fsp3) is 0.462. The van der Waals surface area contributed by atoms with Gasteiger partial charge in [0, 0.05) is 19.6 Å². The summed E-state index contributed by atoms with van der Waals surface area (Å²) in [5, 5.41) is 17.1. The molecule has 1 aliphatic heterocycles. The van der Waals surface area contributed by atoms with Gasteiger partial charge in [-0.1, -0.05) is 11.6 Å². The number of nitrogens with one attached hydrogen (secondary N) is 3. The zero-order valence-corrected chi connectivity index (χ0v) is 11.1. The third kappa shape index (κ3) is 4.03. The van der Waals surface area contributed by atoms with E-state index in [1.165, 1.54) is 5.57 Å². The second kappa shape index (κ2) is 6.84. The monoisotopic (exact) mass is 261 g/mol. The molecule has 6 nitrogen and oxygen atoms in total. The highest BCUT2D eigenvalue weighted by Gasteiger charge is 2.07. The number of anilines is 1. The van der Waals surface area contributed by atoms with Gasteiger partial charge in [0.05, 0.1) is 0 Å². The Hall–Kier alpha value is -1.95. The van der Waals surface area contributed by atoms with Crippen LogP contribution in [0.1, 0.15) is 23.8 Å². The standard InChI is InChI=1S/C13H19N5O/c1-2-15-13(19)11-3-4-12(18-17-11)16-9-10-5-7-14-8-6-10/h3-5,14H,2,6-9H2,1H3,(H,15,19)(H,16,18). The molecule has 0 atom stereocenters. The summed E-state index contributed by atoms with van der Waals surface area (Å²) in [7, 11) is 0. The average Bonchev–Trinajstić information content (AvgIpc) is 2.47. The molecule has 0 fully saturated rings. The van der Waals surface area contributed by atoms with E-state index < -0.39 is 0 Å². The minimum atomic E-state index is -0.192. The number of rotatable bonds is 5. The Kier molecular flexibility index (Phi) is 4.85. The Morgan fingerprint density at radius 1 is 1.42 bits per heavy atom. The second-order valence-electron chi connectivity index (χ2n) is 4.33. The van der Waals surface area contributed by atoms with Crippen molar-refractivity contribution in [1.82, 2.24) is 20.8 Å². The van der Waals surface area contributed by atoms with E-state index in [0.717, 1.165) is 26.1 Å². The first-order valence-electron chi connectivity index (χ1n) is 6.54. The van der Waals surface area contributed by atoms with E-state index in [1.54, 1.807) is 12.1 Å². The Labute approximate surface area is 112 Å². The number of hydrogen-bond acceptors (Lipinski definition) is 5. The molecule has 0 saturated carbocycles. The topological polar surface area (TPSA) is 78.9 Å². The molecule has 6 heteroatoms.